The summed E-state index contributed by atoms with van der Waals surface area (Å²) in [4.78, 5) is 0. The van der Waals surface area contributed by atoms with E-state index in [1.807, 2.05) is 13.8 Å². The van der Waals surface area contributed by atoms with Gasteiger partial charge in [-0.05, 0) is 31.1 Å². The van der Waals surface area contributed by atoms with Crippen molar-refractivity contribution in [3.63, 3.8) is 0 Å². The molecule has 1 aliphatic rings. The first-order valence-corrected chi connectivity index (χ1v) is 8.19. The van der Waals surface area contributed by atoms with Crippen molar-refractivity contribution in [2.45, 2.75) is 46.1 Å². The Morgan fingerprint density at radius 3 is 2.67 bits per heavy atom. The third-order valence-electron chi connectivity index (χ3n) is 3.45. The molecule has 0 saturated carbocycles. The Kier molecular flexibility index (Phi) is 6.04. The lowest BCUT2D eigenvalue weighted by Gasteiger charge is -2.30. The molecule has 0 radical (unpaired) electrons. The molecule has 2 N–H and O–H groups in total. The maximum absolute atomic E-state index is 12.0. The van der Waals surface area contributed by atoms with Crippen LogP contribution in [0.3, 0.4) is 0 Å². The second-order valence-corrected chi connectivity index (χ2v) is 7.36. The van der Waals surface area contributed by atoms with E-state index in [4.69, 9.17) is 0 Å². The highest BCUT2D eigenvalue weighted by Gasteiger charge is 2.26. The molecule has 1 heterocycles. The number of piperidine rings is 1. The Bertz CT molecular complexity index is 343. The maximum atomic E-state index is 12.0. The largest absolute Gasteiger partial charge is 0.393 e. The van der Waals surface area contributed by atoms with E-state index >= 15 is 0 Å². The highest BCUT2D eigenvalue weighted by Crippen LogP contribution is 2.17. The monoisotopic (exact) mass is 278 g/mol. The molecule has 0 amide bonds. The zero-order chi connectivity index (χ0) is 13.8. The standard InChI is InChI=1S/C12H26N2O3S/c1-10(2)12(15)6-7-13-18(16,17)14-8-4-5-11(3)9-14/h10-13,15H,4-9H2,1-3H3. The van der Waals surface area contributed by atoms with E-state index in [1.54, 1.807) is 0 Å². The summed E-state index contributed by atoms with van der Waals surface area (Å²) in [6.07, 6.45) is 2.03. The smallest absolute Gasteiger partial charge is 0.279 e. The third kappa shape index (κ3) is 4.84. The van der Waals surface area contributed by atoms with Crippen LogP contribution >= 0.6 is 0 Å². The Labute approximate surface area is 111 Å². The summed E-state index contributed by atoms with van der Waals surface area (Å²) in [6.45, 7) is 7.42. The molecule has 0 spiro atoms. The van der Waals surface area contributed by atoms with Crippen molar-refractivity contribution in [2.24, 2.45) is 11.8 Å². The lowest BCUT2D eigenvalue weighted by atomic mass is 10.0. The highest BCUT2D eigenvalue weighted by atomic mass is 32.2. The van der Waals surface area contributed by atoms with Crippen molar-refractivity contribution >= 4 is 10.2 Å². The number of hydrogen-bond donors (Lipinski definition) is 2. The Hall–Kier alpha value is -0.170. The minimum Gasteiger partial charge on any atom is -0.393 e. The van der Waals surface area contributed by atoms with E-state index < -0.39 is 16.3 Å². The zero-order valence-electron chi connectivity index (χ0n) is 11.6. The number of nitrogens with zero attached hydrogens (tertiary/aromatic N) is 1. The molecule has 1 rings (SSSR count). The molecule has 108 valence electrons. The average molecular weight is 278 g/mol. The van der Waals surface area contributed by atoms with Crippen molar-refractivity contribution in [2.75, 3.05) is 19.6 Å². The van der Waals surface area contributed by atoms with Crippen molar-refractivity contribution in [3.8, 4) is 0 Å². The van der Waals surface area contributed by atoms with Crippen LogP contribution in [0.2, 0.25) is 0 Å². The molecule has 18 heavy (non-hydrogen) atoms. The van der Waals surface area contributed by atoms with Crippen molar-refractivity contribution in [3.05, 3.63) is 0 Å². The summed E-state index contributed by atoms with van der Waals surface area (Å²) in [6, 6.07) is 0. The van der Waals surface area contributed by atoms with Gasteiger partial charge in [-0.1, -0.05) is 20.8 Å². The van der Waals surface area contributed by atoms with E-state index in [0.717, 1.165) is 12.8 Å². The SMILES string of the molecule is CC1CCCN(S(=O)(=O)NCCC(O)C(C)C)C1. The van der Waals surface area contributed by atoms with Crippen LogP contribution in [0.5, 0.6) is 0 Å². The molecule has 1 fully saturated rings. The van der Waals surface area contributed by atoms with Gasteiger partial charge in [0.15, 0.2) is 0 Å². The lowest BCUT2D eigenvalue weighted by Crippen LogP contribution is -2.46. The number of aliphatic hydroxyl groups is 1. The summed E-state index contributed by atoms with van der Waals surface area (Å²) in [7, 11) is -3.37. The van der Waals surface area contributed by atoms with E-state index in [2.05, 4.69) is 11.6 Å². The maximum Gasteiger partial charge on any atom is 0.279 e. The molecule has 1 saturated heterocycles. The van der Waals surface area contributed by atoms with Gasteiger partial charge >= 0.3 is 0 Å². The van der Waals surface area contributed by atoms with E-state index in [0.29, 0.717) is 32.0 Å². The summed E-state index contributed by atoms with van der Waals surface area (Å²) >= 11 is 0. The molecule has 2 atom stereocenters. The molecule has 0 aromatic heterocycles. The van der Waals surface area contributed by atoms with Gasteiger partial charge in [0.1, 0.15) is 0 Å². The molecule has 0 aromatic carbocycles. The predicted molar refractivity (Wildman–Crippen MR) is 72.4 cm³/mol. The van der Waals surface area contributed by atoms with Gasteiger partial charge in [-0.25, -0.2) is 4.72 Å². The summed E-state index contributed by atoms with van der Waals surface area (Å²) in [5.74, 6) is 0.584. The predicted octanol–water partition coefficient (Wildman–Crippen LogP) is 0.960. The second-order valence-electron chi connectivity index (χ2n) is 5.60. The van der Waals surface area contributed by atoms with E-state index in [9.17, 15) is 13.5 Å². The van der Waals surface area contributed by atoms with Crippen LogP contribution in [-0.2, 0) is 10.2 Å². The molecule has 0 aromatic rings. The minimum absolute atomic E-state index is 0.157. The van der Waals surface area contributed by atoms with Gasteiger partial charge in [0, 0.05) is 19.6 Å². The molecular formula is C12H26N2O3S. The van der Waals surface area contributed by atoms with Gasteiger partial charge < -0.3 is 5.11 Å². The summed E-state index contributed by atoms with van der Waals surface area (Å²) < 4.78 is 28.1. The Balaban J connectivity index is 2.40. The van der Waals surface area contributed by atoms with Crippen LogP contribution in [-0.4, -0.2) is 43.6 Å². The van der Waals surface area contributed by atoms with Gasteiger partial charge in [-0.3, -0.25) is 0 Å². The molecule has 0 aliphatic carbocycles. The fourth-order valence-corrected chi connectivity index (χ4v) is 3.50. The van der Waals surface area contributed by atoms with Gasteiger partial charge in [0.25, 0.3) is 10.2 Å². The van der Waals surface area contributed by atoms with Crippen molar-refractivity contribution in [1.82, 2.24) is 9.03 Å². The van der Waals surface area contributed by atoms with Crippen LogP contribution in [0.1, 0.15) is 40.0 Å². The first-order valence-electron chi connectivity index (χ1n) is 6.75. The van der Waals surface area contributed by atoms with Crippen LogP contribution in [0.25, 0.3) is 0 Å². The van der Waals surface area contributed by atoms with Gasteiger partial charge in [-0.15, -0.1) is 0 Å². The molecular weight excluding hydrogens is 252 g/mol. The first kappa shape index (κ1) is 15.9. The Morgan fingerprint density at radius 2 is 2.11 bits per heavy atom. The van der Waals surface area contributed by atoms with Gasteiger partial charge in [0.05, 0.1) is 6.10 Å². The number of rotatable bonds is 6. The van der Waals surface area contributed by atoms with E-state index in [-0.39, 0.29) is 5.92 Å². The minimum atomic E-state index is -3.37. The summed E-state index contributed by atoms with van der Waals surface area (Å²) in [5.41, 5.74) is 0. The fraction of sp³-hybridized carbons (Fsp3) is 1.00. The highest BCUT2D eigenvalue weighted by molar-refractivity contribution is 7.87. The summed E-state index contributed by atoms with van der Waals surface area (Å²) in [5, 5.41) is 9.63. The quantitative estimate of drug-likeness (QED) is 0.760. The average Bonchev–Trinajstić information content (AvgIpc) is 2.28. The topological polar surface area (TPSA) is 69.6 Å². The number of nitrogens with one attached hydrogen (secondary N) is 1. The normalized spacial score (nSPS) is 24.4. The van der Waals surface area contributed by atoms with E-state index in [1.165, 1.54) is 4.31 Å². The zero-order valence-corrected chi connectivity index (χ0v) is 12.4. The van der Waals surface area contributed by atoms with Gasteiger partial charge in [-0.2, -0.15) is 12.7 Å². The van der Waals surface area contributed by atoms with Gasteiger partial charge in [0.2, 0.25) is 0 Å². The lowest BCUT2D eigenvalue weighted by molar-refractivity contribution is 0.117. The van der Waals surface area contributed by atoms with Crippen molar-refractivity contribution < 1.29 is 13.5 Å². The molecule has 0 bridgehead atoms. The molecule has 5 nitrogen and oxygen atoms in total. The molecule has 2 unspecified atom stereocenters. The first-order chi connectivity index (χ1) is 8.33. The second kappa shape index (κ2) is 6.84. The van der Waals surface area contributed by atoms with Crippen LogP contribution in [0.4, 0.5) is 0 Å². The van der Waals surface area contributed by atoms with Crippen LogP contribution < -0.4 is 4.72 Å². The van der Waals surface area contributed by atoms with Crippen LogP contribution in [0, 0.1) is 11.8 Å². The van der Waals surface area contributed by atoms with Crippen molar-refractivity contribution in [1.29, 1.82) is 0 Å². The molecule has 1 aliphatic heterocycles. The molecule has 6 heteroatoms. The third-order valence-corrected chi connectivity index (χ3v) is 5.03. The number of hydrogen-bond acceptors (Lipinski definition) is 3. The van der Waals surface area contributed by atoms with Crippen LogP contribution in [0.15, 0.2) is 0 Å². The Morgan fingerprint density at radius 1 is 1.44 bits per heavy atom. The fourth-order valence-electron chi connectivity index (χ4n) is 2.13. The number of aliphatic hydroxyl groups excluding tert-OH is 1.